The summed E-state index contributed by atoms with van der Waals surface area (Å²) in [7, 11) is 0. The van der Waals surface area contributed by atoms with Crippen LogP contribution < -0.4 is 5.73 Å². The van der Waals surface area contributed by atoms with E-state index in [1.165, 1.54) is 24.9 Å². The van der Waals surface area contributed by atoms with Crippen molar-refractivity contribution in [3.63, 3.8) is 0 Å². The molecule has 1 fully saturated rings. The van der Waals surface area contributed by atoms with Crippen LogP contribution in [0.15, 0.2) is 12.7 Å². The molecule has 23 heavy (non-hydrogen) atoms. The van der Waals surface area contributed by atoms with E-state index in [0.717, 1.165) is 17.9 Å². The van der Waals surface area contributed by atoms with Gasteiger partial charge in [0.05, 0.1) is 19.1 Å². The van der Waals surface area contributed by atoms with Gasteiger partial charge in [-0.2, -0.15) is 11.8 Å². The zero-order valence-electron chi connectivity index (χ0n) is 13.4. The Morgan fingerprint density at radius 3 is 3.04 bits per heavy atom. The Morgan fingerprint density at radius 2 is 2.22 bits per heavy atom. The number of nitrogens with two attached hydrogens (primary N) is 1. The molecule has 1 aliphatic rings. The molecular weight excluding hydrogens is 312 g/mol. The number of nitrogens with zero attached hydrogens (tertiary/aromatic N) is 5. The van der Waals surface area contributed by atoms with Gasteiger partial charge in [0.25, 0.3) is 0 Å². The quantitative estimate of drug-likeness (QED) is 0.734. The molecule has 0 spiro atoms. The first kappa shape index (κ1) is 16.5. The molecule has 7 nitrogen and oxygen atoms in total. The van der Waals surface area contributed by atoms with Crippen LogP contribution >= 0.6 is 11.8 Å². The predicted molar refractivity (Wildman–Crippen MR) is 93.0 cm³/mol. The van der Waals surface area contributed by atoms with Crippen molar-refractivity contribution in [2.24, 2.45) is 5.92 Å². The summed E-state index contributed by atoms with van der Waals surface area (Å²) < 4.78 is 1.96. The summed E-state index contributed by atoms with van der Waals surface area (Å²) >= 11 is 1.95. The lowest BCUT2D eigenvalue weighted by Crippen LogP contribution is -2.24. The van der Waals surface area contributed by atoms with Gasteiger partial charge < -0.3 is 15.4 Å². The number of nitrogen functional groups attached to an aromatic ring is 1. The molecule has 1 saturated heterocycles. The van der Waals surface area contributed by atoms with Gasteiger partial charge in [0, 0.05) is 19.0 Å². The molecule has 2 atom stereocenters. The highest BCUT2D eigenvalue weighted by Gasteiger charge is 2.31. The summed E-state index contributed by atoms with van der Waals surface area (Å²) in [6.07, 6.45) is 5.43. The second-order valence-electron chi connectivity index (χ2n) is 6.08. The first-order chi connectivity index (χ1) is 11.2. The molecular formula is C15H24N6OS. The third kappa shape index (κ3) is 3.76. The summed E-state index contributed by atoms with van der Waals surface area (Å²) in [4.78, 5) is 14.8. The van der Waals surface area contributed by atoms with Crippen LogP contribution in [-0.4, -0.2) is 60.2 Å². The van der Waals surface area contributed by atoms with Gasteiger partial charge >= 0.3 is 0 Å². The van der Waals surface area contributed by atoms with E-state index in [1.807, 2.05) is 16.3 Å². The molecule has 8 heteroatoms. The van der Waals surface area contributed by atoms with Crippen LogP contribution in [0, 0.1) is 5.92 Å². The first-order valence-electron chi connectivity index (χ1n) is 8.08. The lowest BCUT2D eigenvalue weighted by atomic mass is 10.1. The maximum absolute atomic E-state index is 10.3. The smallest absolute Gasteiger partial charge is 0.166 e. The lowest BCUT2D eigenvalue weighted by molar-refractivity contribution is 0.145. The number of fused-ring (bicyclic) bond motifs is 1. The minimum absolute atomic E-state index is 0.251. The number of unbranched alkanes of at least 4 members (excludes halogenated alkanes) is 1. The number of thioether (sulfide) groups is 1. The molecule has 3 N–H and O–H groups in total. The van der Waals surface area contributed by atoms with Gasteiger partial charge in [-0.05, 0) is 17.9 Å². The maximum atomic E-state index is 10.3. The van der Waals surface area contributed by atoms with Crippen molar-refractivity contribution in [1.29, 1.82) is 0 Å². The largest absolute Gasteiger partial charge is 0.391 e. The van der Waals surface area contributed by atoms with Gasteiger partial charge in [-0.1, -0.05) is 13.3 Å². The van der Waals surface area contributed by atoms with E-state index < -0.39 is 0 Å². The zero-order chi connectivity index (χ0) is 16.2. The fourth-order valence-electron chi connectivity index (χ4n) is 2.92. The zero-order valence-corrected chi connectivity index (χ0v) is 14.2. The summed E-state index contributed by atoms with van der Waals surface area (Å²) in [6, 6.07) is 0. The second-order valence-corrected chi connectivity index (χ2v) is 7.23. The molecule has 0 unspecified atom stereocenters. The van der Waals surface area contributed by atoms with E-state index in [9.17, 15) is 5.11 Å². The highest BCUT2D eigenvalue weighted by Crippen LogP contribution is 2.23. The van der Waals surface area contributed by atoms with Crippen molar-refractivity contribution in [1.82, 2.24) is 24.4 Å². The molecule has 3 rings (SSSR count). The van der Waals surface area contributed by atoms with E-state index in [2.05, 4.69) is 26.8 Å². The van der Waals surface area contributed by atoms with Gasteiger partial charge in [-0.3, -0.25) is 4.90 Å². The topological polar surface area (TPSA) is 93.1 Å². The average Bonchev–Trinajstić information content (AvgIpc) is 3.09. The summed E-state index contributed by atoms with van der Waals surface area (Å²) in [5, 5.41) is 10.3. The van der Waals surface area contributed by atoms with Crippen LogP contribution in [0.1, 0.15) is 19.8 Å². The molecule has 2 aromatic rings. The van der Waals surface area contributed by atoms with Crippen molar-refractivity contribution < 1.29 is 5.11 Å². The summed E-state index contributed by atoms with van der Waals surface area (Å²) in [5.41, 5.74) is 7.20. The lowest BCUT2D eigenvalue weighted by Gasteiger charge is -2.16. The first-order valence-corrected chi connectivity index (χ1v) is 9.24. The Labute approximate surface area is 140 Å². The fraction of sp³-hybridized carbons (Fsp3) is 0.667. The molecule has 0 amide bonds. The van der Waals surface area contributed by atoms with Gasteiger partial charge in [0.1, 0.15) is 11.8 Å². The number of likely N-dealkylation sites (tertiary alicyclic amines) is 1. The molecule has 0 radical (unpaired) electrons. The minimum atomic E-state index is -0.251. The summed E-state index contributed by atoms with van der Waals surface area (Å²) in [6.45, 7) is 4.47. The van der Waals surface area contributed by atoms with Crippen molar-refractivity contribution in [3.8, 4) is 0 Å². The van der Waals surface area contributed by atoms with E-state index in [4.69, 9.17) is 5.73 Å². The van der Waals surface area contributed by atoms with Gasteiger partial charge in [0.15, 0.2) is 11.5 Å². The Balaban J connectivity index is 1.59. The molecule has 3 heterocycles. The molecule has 0 aromatic carbocycles. The predicted octanol–water partition coefficient (Wildman–Crippen LogP) is 1.19. The van der Waals surface area contributed by atoms with Crippen molar-refractivity contribution in [2.45, 2.75) is 32.5 Å². The van der Waals surface area contributed by atoms with E-state index in [0.29, 0.717) is 30.5 Å². The molecule has 2 aromatic heterocycles. The number of rotatable bonds is 7. The van der Waals surface area contributed by atoms with Crippen molar-refractivity contribution in [3.05, 3.63) is 12.7 Å². The van der Waals surface area contributed by atoms with E-state index in [1.54, 1.807) is 6.33 Å². The monoisotopic (exact) mass is 336 g/mol. The Hall–Kier alpha value is -1.38. The van der Waals surface area contributed by atoms with Crippen LogP contribution in [0.4, 0.5) is 5.82 Å². The van der Waals surface area contributed by atoms with Gasteiger partial charge in [0.2, 0.25) is 0 Å². The number of β-amino-alcohol motifs (C(OH)–C–C–N with tert-alkyl or cyclic N) is 1. The SMILES string of the molecule is CCCCSC[C@H]1CN(Cn2cnc3c(N)ncnc32)C[C@@H]1O. The fourth-order valence-corrected chi connectivity index (χ4v) is 4.21. The third-order valence-corrected chi connectivity index (χ3v) is 5.48. The number of aliphatic hydroxyl groups is 1. The van der Waals surface area contributed by atoms with Crippen LogP contribution in [0.2, 0.25) is 0 Å². The Bertz CT molecular complexity index is 648. The van der Waals surface area contributed by atoms with Crippen LogP contribution in [0.25, 0.3) is 11.2 Å². The molecule has 0 aliphatic carbocycles. The molecule has 1 aliphatic heterocycles. The molecule has 0 saturated carbocycles. The average molecular weight is 336 g/mol. The Morgan fingerprint density at radius 1 is 1.35 bits per heavy atom. The number of aromatic nitrogens is 4. The number of hydrogen-bond donors (Lipinski definition) is 2. The normalized spacial score (nSPS) is 22.2. The summed E-state index contributed by atoms with van der Waals surface area (Å²) in [5.74, 6) is 2.95. The number of imidazole rings is 1. The minimum Gasteiger partial charge on any atom is -0.391 e. The van der Waals surface area contributed by atoms with E-state index in [-0.39, 0.29) is 6.10 Å². The molecule has 0 bridgehead atoms. The Kier molecular flexibility index (Phi) is 5.34. The van der Waals surface area contributed by atoms with Crippen LogP contribution in [0.3, 0.4) is 0 Å². The van der Waals surface area contributed by atoms with Crippen molar-refractivity contribution >= 4 is 28.7 Å². The van der Waals surface area contributed by atoms with Gasteiger partial charge in [-0.25, -0.2) is 15.0 Å². The third-order valence-electron chi connectivity index (χ3n) is 4.24. The number of anilines is 1. The maximum Gasteiger partial charge on any atom is 0.166 e. The second kappa shape index (κ2) is 7.46. The number of hydrogen-bond acceptors (Lipinski definition) is 7. The van der Waals surface area contributed by atoms with Gasteiger partial charge in [-0.15, -0.1) is 0 Å². The van der Waals surface area contributed by atoms with Crippen LogP contribution in [0.5, 0.6) is 0 Å². The highest BCUT2D eigenvalue weighted by molar-refractivity contribution is 7.99. The van der Waals surface area contributed by atoms with Crippen molar-refractivity contribution in [2.75, 3.05) is 30.3 Å². The number of aliphatic hydroxyl groups excluding tert-OH is 1. The standard InChI is InChI=1S/C15H24N6OS/c1-2-3-4-23-7-11-5-20(6-12(11)22)10-21-9-19-13-14(16)17-8-18-15(13)21/h8-9,11-12,22H,2-7,10H2,1H3,(H2,16,17,18)/t11-,12+/m1/s1. The van der Waals surface area contributed by atoms with Crippen LogP contribution in [-0.2, 0) is 6.67 Å². The van der Waals surface area contributed by atoms with E-state index >= 15 is 0 Å². The highest BCUT2D eigenvalue weighted by atomic mass is 32.2. The molecule has 126 valence electrons.